The summed E-state index contributed by atoms with van der Waals surface area (Å²) in [6, 6.07) is 4.74. The summed E-state index contributed by atoms with van der Waals surface area (Å²) in [6.07, 6.45) is 5.86. The molecular weight excluding hydrogens is 220 g/mol. The Morgan fingerprint density at radius 3 is 2.88 bits per heavy atom. The van der Waals surface area contributed by atoms with Gasteiger partial charge in [0.05, 0.1) is 18.2 Å². The average molecular weight is 230 g/mol. The van der Waals surface area contributed by atoms with Crippen LogP contribution in [0.4, 0.5) is 5.69 Å². The lowest BCUT2D eigenvalue weighted by molar-refractivity contribution is -0.116. The van der Waals surface area contributed by atoms with Gasteiger partial charge in [-0.05, 0) is 12.1 Å². The van der Waals surface area contributed by atoms with E-state index in [1.165, 1.54) is 29.4 Å². The zero-order valence-corrected chi connectivity index (χ0v) is 8.91. The van der Waals surface area contributed by atoms with Crippen molar-refractivity contribution in [1.29, 1.82) is 0 Å². The van der Waals surface area contributed by atoms with Gasteiger partial charge >= 0.3 is 0 Å². The third kappa shape index (κ3) is 2.97. The quantitative estimate of drug-likeness (QED) is 0.821. The molecule has 0 aliphatic carbocycles. The number of hydrogen-bond donors (Lipinski definition) is 1. The summed E-state index contributed by atoms with van der Waals surface area (Å²) in [4.78, 5) is 30.6. The lowest BCUT2D eigenvalue weighted by Gasteiger charge is -2.05. The first kappa shape index (κ1) is 11.0. The van der Waals surface area contributed by atoms with Gasteiger partial charge in [0.25, 0.3) is 5.56 Å². The van der Waals surface area contributed by atoms with Gasteiger partial charge in [-0.15, -0.1) is 0 Å². The Labute approximate surface area is 97.0 Å². The zero-order valence-electron chi connectivity index (χ0n) is 8.91. The predicted octanol–water partition coefficient (Wildman–Crippen LogP) is 0.277. The highest BCUT2D eigenvalue weighted by atomic mass is 16.2. The summed E-state index contributed by atoms with van der Waals surface area (Å²) >= 11 is 0. The lowest BCUT2D eigenvalue weighted by Crippen LogP contribution is -2.26. The van der Waals surface area contributed by atoms with Crippen LogP contribution in [0.25, 0.3) is 0 Å². The number of hydrogen-bond acceptors (Lipinski definition) is 4. The molecule has 0 fully saturated rings. The maximum atomic E-state index is 11.6. The van der Waals surface area contributed by atoms with Crippen LogP contribution in [0.5, 0.6) is 0 Å². The molecular formula is C11H10N4O2. The van der Waals surface area contributed by atoms with Crippen molar-refractivity contribution in [3.05, 3.63) is 53.5 Å². The van der Waals surface area contributed by atoms with Crippen molar-refractivity contribution in [3.63, 3.8) is 0 Å². The van der Waals surface area contributed by atoms with Crippen LogP contribution in [-0.4, -0.2) is 20.4 Å². The van der Waals surface area contributed by atoms with Crippen LogP contribution in [0, 0.1) is 0 Å². The Bertz CT molecular complexity index is 565. The number of amides is 1. The minimum absolute atomic E-state index is 0.0679. The van der Waals surface area contributed by atoms with Crippen molar-refractivity contribution in [1.82, 2.24) is 14.5 Å². The normalized spacial score (nSPS) is 9.88. The minimum Gasteiger partial charge on any atom is -0.323 e. The average Bonchev–Trinajstić information content (AvgIpc) is 2.33. The van der Waals surface area contributed by atoms with E-state index in [4.69, 9.17) is 0 Å². The third-order valence-corrected chi connectivity index (χ3v) is 2.05. The van der Waals surface area contributed by atoms with Crippen LogP contribution in [0.15, 0.2) is 47.9 Å². The standard InChI is InChI=1S/C11H10N4O2/c16-10(14-9-2-1-4-12-6-9)7-15-8-13-5-3-11(15)17/h1-6,8H,7H2,(H,14,16). The van der Waals surface area contributed by atoms with E-state index < -0.39 is 0 Å². The van der Waals surface area contributed by atoms with Gasteiger partial charge in [0.2, 0.25) is 5.91 Å². The van der Waals surface area contributed by atoms with Crippen LogP contribution < -0.4 is 10.9 Å². The molecule has 0 unspecified atom stereocenters. The molecule has 86 valence electrons. The molecule has 0 saturated carbocycles. The van der Waals surface area contributed by atoms with Crippen molar-refractivity contribution in [3.8, 4) is 0 Å². The largest absolute Gasteiger partial charge is 0.323 e. The summed E-state index contributed by atoms with van der Waals surface area (Å²) in [6.45, 7) is -0.0679. The number of pyridine rings is 1. The fourth-order valence-corrected chi connectivity index (χ4v) is 1.29. The van der Waals surface area contributed by atoms with Gasteiger partial charge in [-0.2, -0.15) is 0 Å². The first-order valence-electron chi connectivity index (χ1n) is 4.96. The number of aromatic nitrogens is 3. The van der Waals surface area contributed by atoms with E-state index in [2.05, 4.69) is 15.3 Å². The van der Waals surface area contributed by atoms with Crippen LogP contribution >= 0.6 is 0 Å². The van der Waals surface area contributed by atoms with Crippen molar-refractivity contribution in [2.24, 2.45) is 0 Å². The highest BCUT2D eigenvalue weighted by molar-refractivity contribution is 5.90. The van der Waals surface area contributed by atoms with Gasteiger partial charge in [-0.25, -0.2) is 4.98 Å². The van der Waals surface area contributed by atoms with Crippen molar-refractivity contribution >= 4 is 11.6 Å². The van der Waals surface area contributed by atoms with Gasteiger partial charge < -0.3 is 5.32 Å². The van der Waals surface area contributed by atoms with E-state index in [1.807, 2.05) is 0 Å². The molecule has 1 amide bonds. The van der Waals surface area contributed by atoms with E-state index in [-0.39, 0.29) is 18.0 Å². The molecule has 2 aromatic rings. The summed E-state index contributed by atoms with van der Waals surface area (Å²) in [7, 11) is 0. The first-order valence-corrected chi connectivity index (χ1v) is 4.96. The summed E-state index contributed by atoms with van der Waals surface area (Å²) < 4.78 is 1.23. The van der Waals surface area contributed by atoms with Gasteiger partial charge in [0.1, 0.15) is 6.54 Å². The molecule has 0 atom stereocenters. The maximum absolute atomic E-state index is 11.6. The Morgan fingerprint density at radius 2 is 2.18 bits per heavy atom. The predicted molar refractivity (Wildman–Crippen MR) is 61.4 cm³/mol. The van der Waals surface area contributed by atoms with Gasteiger partial charge in [0.15, 0.2) is 0 Å². The molecule has 0 aliphatic rings. The second-order valence-corrected chi connectivity index (χ2v) is 3.34. The van der Waals surface area contributed by atoms with Gasteiger partial charge in [0, 0.05) is 18.5 Å². The number of nitrogens with zero attached hydrogens (tertiary/aromatic N) is 3. The fourth-order valence-electron chi connectivity index (χ4n) is 1.29. The Balaban J connectivity index is 2.04. The summed E-state index contributed by atoms with van der Waals surface area (Å²) in [5.74, 6) is -0.298. The molecule has 6 nitrogen and oxygen atoms in total. The highest BCUT2D eigenvalue weighted by Gasteiger charge is 2.04. The molecule has 2 rings (SSSR count). The minimum atomic E-state index is -0.298. The van der Waals surface area contributed by atoms with Crippen LogP contribution in [-0.2, 0) is 11.3 Å². The van der Waals surface area contributed by atoms with Crippen molar-refractivity contribution in [2.45, 2.75) is 6.54 Å². The number of carbonyl (C=O) groups is 1. The van der Waals surface area contributed by atoms with E-state index in [0.29, 0.717) is 5.69 Å². The molecule has 0 aliphatic heterocycles. The van der Waals surface area contributed by atoms with Crippen LogP contribution in [0.2, 0.25) is 0 Å². The smallest absolute Gasteiger partial charge is 0.253 e. The maximum Gasteiger partial charge on any atom is 0.253 e. The Morgan fingerprint density at radius 1 is 1.29 bits per heavy atom. The van der Waals surface area contributed by atoms with Gasteiger partial charge in [-0.3, -0.25) is 19.1 Å². The molecule has 1 N–H and O–H groups in total. The molecule has 0 bridgehead atoms. The van der Waals surface area contributed by atoms with E-state index in [1.54, 1.807) is 18.3 Å². The van der Waals surface area contributed by atoms with E-state index in [9.17, 15) is 9.59 Å². The van der Waals surface area contributed by atoms with Crippen LogP contribution in [0.1, 0.15) is 0 Å². The van der Waals surface area contributed by atoms with E-state index in [0.717, 1.165) is 0 Å². The number of nitrogens with one attached hydrogen (secondary N) is 1. The topological polar surface area (TPSA) is 76.9 Å². The van der Waals surface area contributed by atoms with Crippen molar-refractivity contribution < 1.29 is 4.79 Å². The highest BCUT2D eigenvalue weighted by Crippen LogP contribution is 2.02. The molecule has 0 radical (unpaired) electrons. The number of carbonyl (C=O) groups excluding carboxylic acids is 1. The molecule has 0 aromatic carbocycles. The fraction of sp³-hybridized carbons (Fsp3) is 0.0909. The van der Waals surface area contributed by atoms with E-state index >= 15 is 0 Å². The molecule has 2 heterocycles. The molecule has 0 spiro atoms. The monoisotopic (exact) mass is 230 g/mol. The van der Waals surface area contributed by atoms with Crippen molar-refractivity contribution in [2.75, 3.05) is 5.32 Å². The number of anilines is 1. The third-order valence-electron chi connectivity index (χ3n) is 2.05. The lowest BCUT2D eigenvalue weighted by atomic mass is 10.4. The number of rotatable bonds is 3. The molecule has 6 heteroatoms. The second kappa shape index (κ2) is 5.02. The zero-order chi connectivity index (χ0) is 12.1. The Kier molecular flexibility index (Phi) is 3.25. The molecule has 17 heavy (non-hydrogen) atoms. The first-order chi connectivity index (χ1) is 8.25. The Hall–Kier alpha value is -2.50. The summed E-state index contributed by atoms with van der Waals surface area (Å²) in [5.41, 5.74) is 0.329. The molecule has 0 saturated heterocycles. The summed E-state index contributed by atoms with van der Waals surface area (Å²) in [5, 5.41) is 2.63. The second-order valence-electron chi connectivity index (χ2n) is 3.34. The SMILES string of the molecule is O=C(Cn1cnccc1=O)Nc1cccnc1. The molecule has 2 aromatic heterocycles. The van der Waals surface area contributed by atoms with Gasteiger partial charge in [-0.1, -0.05) is 0 Å². The van der Waals surface area contributed by atoms with Crippen LogP contribution in [0.3, 0.4) is 0 Å².